The molecular formula is C13H19N5S. The maximum atomic E-state index is 9.11. The second-order valence-corrected chi connectivity index (χ2v) is 6.02. The van der Waals surface area contributed by atoms with Gasteiger partial charge in [0.1, 0.15) is 5.82 Å². The lowest BCUT2D eigenvalue weighted by Gasteiger charge is -2.36. The molecule has 1 saturated heterocycles. The number of aromatic nitrogens is 2. The Balaban J connectivity index is 1.58. The molecule has 1 aliphatic heterocycles. The Morgan fingerprint density at radius 2 is 2.11 bits per heavy atom. The topological polar surface area (TPSA) is 56.1 Å². The van der Waals surface area contributed by atoms with Gasteiger partial charge in [-0.05, 0) is 19.3 Å². The predicted molar refractivity (Wildman–Crippen MR) is 75.4 cm³/mol. The molecule has 0 spiro atoms. The smallest absolute Gasteiger partial charge is 0.205 e. The van der Waals surface area contributed by atoms with Gasteiger partial charge in [-0.3, -0.25) is 4.90 Å². The van der Waals surface area contributed by atoms with Crippen LogP contribution in [0.25, 0.3) is 0 Å². The van der Waals surface area contributed by atoms with E-state index in [1.165, 1.54) is 24.4 Å². The van der Waals surface area contributed by atoms with Crippen molar-refractivity contribution in [3.63, 3.8) is 0 Å². The lowest BCUT2D eigenvalue weighted by Crippen LogP contribution is -2.49. The SMILES string of the molecule is CCC(C#N)N1CCN(c2nc(C3CC3)ns2)CC1. The minimum absolute atomic E-state index is 0.0681. The first-order valence-corrected chi connectivity index (χ1v) is 7.81. The Morgan fingerprint density at radius 3 is 2.68 bits per heavy atom. The summed E-state index contributed by atoms with van der Waals surface area (Å²) < 4.78 is 4.46. The van der Waals surface area contributed by atoms with E-state index < -0.39 is 0 Å². The molecule has 1 aliphatic carbocycles. The third kappa shape index (κ3) is 2.72. The van der Waals surface area contributed by atoms with Gasteiger partial charge in [-0.25, -0.2) is 4.98 Å². The summed E-state index contributed by atoms with van der Waals surface area (Å²) in [7, 11) is 0. The van der Waals surface area contributed by atoms with E-state index in [9.17, 15) is 0 Å². The first-order chi connectivity index (χ1) is 9.31. The standard InChI is InChI=1S/C13H19N5S/c1-2-11(9-14)17-5-7-18(8-6-17)13-15-12(16-19-13)10-3-4-10/h10-11H,2-8H2,1H3. The minimum atomic E-state index is 0.0681. The van der Waals surface area contributed by atoms with Crippen LogP contribution in [-0.2, 0) is 0 Å². The van der Waals surface area contributed by atoms with Gasteiger partial charge in [0.2, 0.25) is 5.13 Å². The molecule has 1 saturated carbocycles. The maximum Gasteiger partial charge on any atom is 0.205 e. The van der Waals surface area contributed by atoms with Crippen LogP contribution in [0.2, 0.25) is 0 Å². The molecule has 6 heteroatoms. The third-order valence-electron chi connectivity index (χ3n) is 3.93. The highest BCUT2D eigenvalue weighted by molar-refractivity contribution is 7.09. The molecule has 3 rings (SSSR count). The normalized spacial score (nSPS) is 22.2. The molecule has 19 heavy (non-hydrogen) atoms. The summed E-state index contributed by atoms with van der Waals surface area (Å²) in [5.41, 5.74) is 0. The van der Waals surface area contributed by atoms with Gasteiger partial charge >= 0.3 is 0 Å². The lowest BCUT2D eigenvalue weighted by atomic mass is 10.2. The average molecular weight is 277 g/mol. The van der Waals surface area contributed by atoms with Crippen LogP contribution in [0, 0.1) is 11.3 Å². The molecule has 1 aromatic heterocycles. The van der Waals surface area contributed by atoms with Crippen molar-refractivity contribution in [3.8, 4) is 6.07 Å². The van der Waals surface area contributed by atoms with E-state index in [0.29, 0.717) is 5.92 Å². The van der Waals surface area contributed by atoms with Gasteiger partial charge in [0.25, 0.3) is 0 Å². The van der Waals surface area contributed by atoms with Crippen LogP contribution < -0.4 is 4.90 Å². The largest absolute Gasteiger partial charge is 0.344 e. The number of nitrogens with zero attached hydrogens (tertiary/aromatic N) is 5. The molecule has 0 radical (unpaired) electrons. The van der Waals surface area contributed by atoms with E-state index in [0.717, 1.165) is 43.6 Å². The summed E-state index contributed by atoms with van der Waals surface area (Å²) in [4.78, 5) is 9.24. The highest BCUT2D eigenvalue weighted by atomic mass is 32.1. The summed E-state index contributed by atoms with van der Waals surface area (Å²) in [6.45, 7) is 5.89. The monoisotopic (exact) mass is 277 g/mol. The second-order valence-electron chi connectivity index (χ2n) is 5.29. The summed E-state index contributed by atoms with van der Waals surface area (Å²) >= 11 is 1.53. The fraction of sp³-hybridized carbons (Fsp3) is 0.769. The zero-order chi connectivity index (χ0) is 13.2. The number of hydrogen-bond acceptors (Lipinski definition) is 6. The second kappa shape index (κ2) is 5.43. The average Bonchev–Trinajstić information content (AvgIpc) is 3.19. The van der Waals surface area contributed by atoms with Gasteiger partial charge in [-0.1, -0.05) is 6.92 Å². The molecule has 0 aromatic carbocycles. The highest BCUT2D eigenvalue weighted by Crippen LogP contribution is 2.39. The molecule has 2 fully saturated rings. The van der Waals surface area contributed by atoms with Crippen molar-refractivity contribution in [2.45, 2.75) is 38.1 Å². The van der Waals surface area contributed by atoms with Crippen LogP contribution in [0.4, 0.5) is 5.13 Å². The summed E-state index contributed by atoms with van der Waals surface area (Å²) in [6, 6.07) is 2.45. The van der Waals surface area contributed by atoms with Crippen molar-refractivity contribution in [1.29, 1.82) is 5.26 Å². The van der Waals surface area contributed by atoms with Gasteiger partial charge in [0, 0.05) is 43.6 Å². The van der Waals surface area contributed by atoms with Crippen LogP contribution in [-0.4, -0.2) is 46.5 Å². The van der Waals surface area contributed by atoms with Crippen LogP contribution >= 0.6 is 11.5 Å². The summed E-state index contributed by atoms with van der Waals surface area (Å²) in [5.74, 6) is 1.68. The molecule has 0 bridgehead atoms. The third-order valence-corrected chi connectivity index (χ3v) is 4.73. The van der Waals surface area contributed by atoms with E-state index in [4.69, 9.17) is 5.26 Å². The van der Waals surface area contributed by atoms with E-state index in [1.54, 1.807) is 0 Å². The summed E-state index contributed by atoms with van der Waals surface area (Å²) in [5, 5.41) is 10.2. The van der Waals surface area contributed by atoms with Crippen LogP contribution in [0.3, 0.4) is 0 Å². The Kier molecular flexibility index (Phi) is 3.67. The number of nitriles is 1. The van der Waals surface area contributed by atoms with E-state index >= 15 is 0 Å². The molecule has 5 nitrogen and oxygen atoms in total. The van der Waals surface area contributed by atoms with Crippen molar-refractivity contribution in [2.75, 3.05) is 31.1 Å². The van der Waals surface area contributed by atoms with Crippen molar-refractivity contribution < 1.29 is 0 Å². The van der Waals surface area contributed by atoms with Crippen molar-refractivity contribution in [2.24, 2.45) is 0 Å². The number of rotatable bonds is 4. The molecule has 1 aromatic rings. The van der Waals surface area contributed by atoms with E-state index in [-0.39, 0.29) is 6.04 Å². The number of hydrogen-bond donors (Lipinski definition) is 0. The van der Waals surface area contributed by atoms with Gasteiger partial charge in [-0.2, -0.15) is 9.64 Å². The van der Waals surface area contributed by atoms with Gasteiger partial charge in [-0.15, -0.1) is 0 Å². The van der Waals surface area contributed by atoms with Crippen LogP contribution in [0.5, 0.6) is 0 Å². The number of anilines is 1. The first kappa shape index (κ1) is 12.8. The minimum Gasteiger partial charge on any atom is -0.344 e. The molecule has 102 valence electrons. The Labute approximate surface area is 118 Å². The van der Waals surface area contributed by atoms with Crippen LogP contribution in [0.15, 0.2) is 0 Å². The molecule has 1 unspecified atom stereocenters. The van der Waals surface area contributed by atoms with Crippen LogP contribution in [0.1, 0.15) is 37.9 Å². The molecule has 2 heterocycles. The van der Waals surface area contributed by atoms with Crippen molar-refractivity contribution in [1.82, 2.24) is 14.3 Å². The number of piperazine rings is 1. The Morgan fingerprint density at radius 1 is 1.37 bits per heavy atom. The molecule has 1 atom stereocenters. The lowest BCUT2D eigenvalue weighted by molar-refractivity contribution is 0.216. The molecule has 2 aliphatic rings. The van der Waals surface area contributed by atoms with Gasteiger partial charge in [0.05, 0.1) is 12.1 Å². The molecular weight excluding hydrogens is 258 g/mol. The quantitative estimate of drug-likeness (QED) is 0.840. The van der Waals surface area contributed by atoms with Crippen molar-refractivity contribution in [3.05, 3.63) is 5.82 Å². The maximum absolute atomic E-state index is 9.11. The highest BCUT2D eigenvalue weighted by Gasteiger charge is 2.29. The van der Waals surface area contributed by atoms with Crippen molar-refractivity contribution >= 4 is 16.7 Å². The first-order valence-electron chi connectivity index (χ1n) is 7.04. The zero-order valence-electron chi connectivity index (χ0n) is 11.2. The zero-order valence-corrected chi connectivity index (χ0v) is 12.1. The predicted octanol–water partition coefficient (Wildman–Crippen LogP) is 1.84. The fourth-order valence-corrected chi connectivity index (χ4v) is 3.32. The molecule has 0 amide bonds. The van der Waals surface area contributed by atoms with Gasteiger partial charge < -0.3 is 4.90 Å². The Bertz CT molecular complexity index is 468. The van der Waals surface area contributed by atoms with Gasteiger partial charge in [0.15, 0.2) is 0 Å². The van der Waals surface area contributed by atoms with E-state index in [2.05, 4.69) is 32.2 Å². The summed E-state index contributed by atoms with van der Waals surface area (Å²) in [6.07, 6.45) is 3.41. The molecule has 0 N–H and O–H groups in total. The van der Waals surface area contributed by atoms with E-state index in [1.807, 2.05) is 0 Å². The Hall–Kier alpha value is -1.19. The fourth-order valence-electron chi connectivity index (χ4n) is 2.52.